The molecule has 1 unspecified atom stereocenters. The van der Waals surface area contributed by atoms with Gasteiger partial charge in [-0.2, -0.15) is 13.0 Å². The average Bonchev–Trinajstić information content (AvgIpc) is 1.87. The molecule has 0 bridgehead atoms. The minimum Gasteiger partial charge on any atom is -0.198 e. The molecule has 0 amide bonds. The Balaban J connectivity index is 3.88. The smallest absolute Gasteiger partial charge is 0.0622 e. The van der Waals surface area contributed by atoms with Gasteiger partial charge in [0.05, 0.1) is 16.9 Å². The van der Waals surface area contributed by atoms with Gasteiger partial charge in [0, 0.05) is 17.9 Å². The fourth-order valence-corrected chi connectivity index (χ4v) is 2.05. The van der Waals surface area contributed by atoms with Crippen molar-refractivity contribution in [3.05, 3.63) is 0 Å². The standard InChI is InChI=1S/C7H13F2NS/c1-3-7(5-4-6-10)11(2,8)9/h7H,3-5H2,1-2H3. The number of nitriles is 1. The Morgan fingerprint density at radius 3 is 2.36 bits per heavy atom. The molecule has 0 radical (unpaired) electrons. The molecule has 11 heavy (non-hydrogen) atoms. The predicted molar refractivity (Wildman–Crippen MR) is 44.7 cm³/mol. The Morgan fingerprint density at radius 1 is 1.55 bits per heavy atom. The number of rotatable bonds is 4. The first kappa shape index (κ1) is 10.7. The van der Waals surface area contributed by atoms with E-state index in [1.165, 1.54) is 0 Å². The van der Waals surface area contributed by atoms with E-state index in [0.29, 0.717) is 12.8 Å². The summed E-state index contributed by atoms with van der Waals surface area (Å²) in [6, 6.07) is 1.88. The molecular formula is C7H13F2NS. The van der Waals surface area contributed by atoms with Crippen molar-refractivity contribution in [1.29, 1.82) is 5.26 Å². The van der Waals surface area contributed by atoms with E-state index >= 15 is 0 Å². The lowest BCUT2D eigenvalue weighted by atomic mass is 10.2. The Morgan fingerprint density at radius 2 is 2.09 bits per heavy atom. The van der Waals surface area contributed by atoms with E-state index in [4.69, 9.17) is 5.26 Å². The first-order chi connectivity index (χ1) is 5.02. The van der Waals surface area contributed by atoms with Crippen molar-refractivity contribution in [3.8, 4) is 6.07 Å². The molecule has 0 spiro atoms. The van der Waals surface area contributed by atoms with Gasteiger partial charge in [-0.25, -0.2) is 0 Å². The quantitative estimate of drug-likeness (QED) is 0.653. The van der Waals surface area contributed by atoms with Gasteiger partial charge in [-0.1, -0.05) is 6.92 Å². The molecule has 0 heterocycles. The summed E-state index contributed by atoms with van der Waals surface area (Å²) in [6.07, 6.45) is 2.06. The van der Waals surface area contributed by atoms with Crippen LogP contribution < -0.4 is 0 Å². The first-order valence-electron chi connectivity index (χ1n) is 3.55. The Labute approximate surface area is 68.3 Å². The molecule has 0 fully saturated rings. The summed E-state index contributed by atoms with van der Waals surface area (Å²) in [5, 5.41) is 7.64. The molecule has 0 aromatic carbocycles. The number of halogens is 2. The topological polar surface area (TPSA) is 23.8 Å². The van der Waals surface area contributed by atoms with E-state index < -0.39 is 16.0 Å². The molecule has 0 aromatic rings. The van der Waals surface area contributed by atoms with Gasteiger partial charge in [-0.3, -0.25) is 0 Å². The van der Waals surface area contributed by atoms with Gasteiger partial charge in [-0.15, -0.1) is 0 Å². The maximum Gasteiger partial charge on any atom is 0.0622 e. The zero-order chi connectivity index (χ0) is 8.91. The second kappa shape index (κ2) is 4.55. The molecule has 0 saturated carbocycles. The highest BCUT2D eigenvalue weighted by molar-refractivity contribution is 8.25. The van der Waals surface area contributed by atoms with Crippen molar-refractivity contribution in [1.82, 2.24) is 0 Å². The van der Waals surface area contributed by atoms with Crippen molar-refractivity contribution in [2.24, 2.45) is 0 Å². The van der Waals surface area contributed by atoms with Crippen molar-refractivity contribution in [2.45, 2.75) is 31.4 Å². The van der Waals surface area contributed by atoms with Crippen molar-refractivity contribution < 1.29 is 7.77 Å². The van der Waals surface area contributed by atoms with Gasteiger partial charge in [-0.05, 0) is 12.8 Å². The van der Waals surface area contributed by atoms with Gasteiger partial charge >= 0.3 is 0 Å². The van der Waals surface area contributed by atoms with E-state index in [1.54, 1.807) is 6.92 Å². The van der Waals surface area contributed by atoms with Crippen molar-refractivity contribution in [3.63, 3.8) is 0 Å². The Bertz CT molecular complexity index is 148. The molecule has 0 aliphatic carbocycles. The number of hydrogen-bond acceptors (Lipinski definition) is 1. The summed E-state index contributed by atoms with van der Waals surface area (Å²) in [4.78, 5) is 0. The summed E-state index contributed by atoms with van der Waals surface area (Å²) in [7, 11) is -3.44. The van der Waals surface area contributed by atoms with Crippen LogP contribution in [0.2, 0.25) is 0 Å². The molecule has 0 aliphatic rings. The normalized spacial score (nSPS) is 15.5. The van der Waals surface area contributed by atoms with Gasteiger partial charge in [0.25, 0.3) is 0 Å². The molecule has 0 aromatic heterocycles. The maximum absolute atomic E-state index is 12.7. The summed E-state index contributed by atoms with van der Waals surface area (Å²) in [5.41, 5.74) is 0. The summed E-state index contributed by atoms with van der Waals surface area (Å²) in [6.45, 7) is 1.74. The highest BCUT2D eigenvalue weighted by atomic mass is 32.3. The minimum absolute atomic E-state index is 0.245. The summed E-state index contributed by atoms with van der Waals surface area (Å²) >= 11 is 0. The van der Waals surface area contributed by atoms with Crippen LogP contribution in [0.3, 0.4) is 0 Å². The van der Waals surface area contributed by atoms with Crippen LogP contribution in [0.1, 0.15) is 26.2 Å². The van der Waals surface area contributed by atoms with E-state index in [1.807, 2.05) is 6.07 Å². The lowest BCUT2D eigenvalue weighted by molar-refractivity contribution is 0.652. The number of hydrogen-bond donors (Lipinski definition) is 0. The average molecular weight is 181 g/mol. The second-order valence-electron chi connectivity index (χ2n) is 2.51. The Kier molecular flexibility index (Phi) is 4.43. The predicted octanol–water partition coefficient (Wildman–Crippen LogP) is 3.27. The SMILES string of the molecule is CCC(CCC#N)S(C)(F)F. The largest absolute Gasteiger partial charge is 0.198 e. The monoisotopic (exact) mass is 181 g/mol. The van der Waals surface area contributed by atoms with Crippen molar-refractivity contribution >= 4 is 10.8 Å². The fourth-order valence-electron chi connectivity index (χ4n) is 0.929. The molecule has 0 aliphatic heterocycles. The van der Waals surface area contributed by atoms with E-state index in [9.17, 15) is 7.77 Å². The third kappa shape index (κ3) is 4.20. The lowest BCUT2D eigenvalue weighted by Crippen LogP contribution is -2.08. The molecular weight excluding hydrogens is 168 g/mol. The van der Waals surface area contributed by atoms with Crippen LogP contribution >= 0.6 is 10.8 Å². The van der Waals surface area contributed by atoms with Gasteiger partial charge in [0.1, 0.15) is 0 Å². The lowest BCUT2D eigenvalue weighted by Gasteiger charge is -2.24. The second-order valence-corrected chi connectivity index (χ2v) is 4.74. The first-order valence-corrected chi connectivity index (χ1v) is 5.46. The molecule has 66 valence electrons. The van der Waals surface area contributed by atoms with E-state index in [-0.39, 0.29) is 6.42 Å². The molecule has 0 saturated heterocycles. The number of nitrogens with zero attached hydrogens (tertiary/aromatic N) is 1. The zero-order valence-electron chi connectivity index (χ0n) is 6.81. The van der Waals surface area contributed by atoms with Crippen LogP contribution in [-0.4, -0.2) is 11.5 Å². The molecule has 0 N–H and O–H groups in total. The van der Waals surface area contributed by atoms with Gasteiger partial charge in [0.2, 0.25) is 0 Å². The molecule has 1 atom stereocenters. The van der Waals surface area contributed by atoms with Crippen LogP contribution in [0.4, 0.5) is 7.77 Å². The van der Waals surface area contributed by atoms with Crippen LogP contribution in [-0.2, 0) is 0 Å². The van der Waals surface area contributed by atoms with Crippen LogP contribution in [0, 0.1) is 11.3 Å². The molecule has 0 rings (SSSR count). The van der Waals surface area contributed by atoms with Crippen molar-refractivity contribution in [2.75, 3.05) is 6.26 Å². The zero-order valence-corrected chi connectivity index (χ0v) is 7.63. The third-order valence-electron chi connectivity index (χ3n) is 1.62. The van der Waals surface area contributed by atoms with Crippen LogP contribution in [0.15, 0.2) is 0 Å². The third-order valence-corrected chi connectivity index (χ3v) is 3.36. The highest BCUT2D eigenvalue weighted by Gasteiger charge is 2.26. The summed E-state index contributed by atoms with van der Waals surface area (Å²) in [5.74, 6) is 0. The van der Waals surface area contributed by atoms with Gasteiger partial charge < -0.3 is 0 Å². The Hall–Kier alpha value is -0.300. The minimum atomic E-state index is -3.44. The maximum atomic E-state index is 12.7. The highest BCUT2D eigenvalue weighted by Crippen LogP contribution is 2.54. The van der Waals surface area contributed by atoms with E-state index in [0.717, 1.165) is 6.26 Å². The van der Waals surface area contributed by atoms with Crippen LogP contribution in [0.5, 0.6) is 0 Å². The van der Waals surface area contributed by atoms with Crippen LogP contribution in [0.25, 0.3) is 0 Å². The molecule has 4 heteroatoms. The summed E-state index contributed by atoms with van der Waals surface area (Å²) < 4.78 is 25.4. The fraction of sp³-hybridized carbons (Fsp3) is 0.857. The van der Waals surface area contributed by atoms with Gasteiger partial charge in [0.15, 0.2) is 0 Å². The molecule has 1 nitrogen and oxygen atoms in total. The van der Waals surface area contributed by atoms with E-state index in [2.05, 4.69) is 0 Å².